The quantitative estimate of drug-likeness (QED) is 0.123. The smallest absolute Gasteiger partial charge is 0.330 e. The monoisotopic (exact) mass is 368 g/mol. The van der Waals surface area contributed by atoms with Crippen LogP contribution in [0.15, 0.2) is 12.2 Å². The summed E-state index contributed by atoms with van der Waals surface area (Å²) < 4.78 is 6.01. The summed E-state index contributed by atoms with van der Waals surface area (Å²) in [5, 5.41) is 0. The van der Waals surface area contributed by atoms with E-state index >= 15 is 0 Å². The average Bonchev–Trinajstić information content (AvgIpc) is 2.57. The van der Waals surface area contributed by atoms with Crippen molar-refractivity contribution in [3.8, 4) is 0 Å². The summed E-state index contributed by atoms with van der Waals surface area (Å²) in [6.07, 6.45) is 22.4. The summed E-state index contributed by atoms with van der Waals surface area (Å²) in [5.41, 5.74) is 0. The van der Waals surface area contributed by atoms with Gasteiger partial charge in [0, 0.05) is 6.08 Å². The molecule has 0 aliphatic heterocycles. The van der Waals surface area contributed by atoms with E-state index in [9.17, 15) is 4.79 Å². The van der Waals surface area contributed by atoms with Gasteiger partial charge in [-0.15, -0.1) is 0 Å². The van der Waals surface area contributed by atoms with Crippen LogP contribution in [-0.2, 0) is 9.53 Å². The molecule has 0 N–H and O–H groups in total. The molecule has 0 radical (unpaired) electrons. The lowest BCUT2D eigenvalue weighted by atomic mass is 10.0. The van der Waals surface area contributed by atoms with Crippen LogP contribution in [-0.4, -0.2) is 44.7 Å². The first-order chi connectivity index (χ1) is 12.5. The van der Waals surface area contributed by atoms with Gasteiger partial charge in [-0.05, 0) is 12.8 Å². The highest BCUT2D eigenvalue weighted by Crippen LogP contribution is 2.13. The van der Waals surface area contributed by atoms with Crippen molar-refractivity contribution in [1.82, 2.24) is 0 Å². The maximum atomic E-state index is 11.5. The maximum absolute atomic E-state index is 11.5. The Labute approximate surface area is 163 Å². The molecule has 26 heavy (non-hydrogen) atoms. The number of ether oxygens (including phenoxy) is 1. The normalized spacial score (nSPS) is 12.0. The molecular formula is C23H46NO2+. The van der Waals surface area contributed by atoms with Crippen molar-refractivity contribution in [2.45, 2.75) is 96.8 Å². The minimum absolute atomic E-state index is 0.201. The highest BCUT2D eigenvalue weighted by molar-refractivity contribution is 5.81. The first-order valence-electron chi connectivity index (χ1n) is 11.1. The summed E-state index contributed by atoms with van der Waals surface area (Å²) in [7, 11) is 6.29. The number of carbonyl (C=O) groups excluding carboxylic acids is 1. The number of hydrogen-bond donors (Lipinski definition) is 0. The molecular weight excluding hydrogens is 322 g/mol. The van der Waals surface area contributed by atoms with Gasteiger partial charge in [0.05, 0.1) is 21.1 Å². The van der Waals surface area contributed by atoms with Crippen molar-refractivity contribution in [1.29, 1.82) is 0 Å². The van der Waals surface area contributed by atoms with E-state index in [2.05, 4.69) is 28.1 Å². The molecule has 0 unspecified atom stereocenters. The van der Waals surface area contributed by atoms with E-state index in [-0.39, 0.29) is 5.97 Å². The summed E-state index contributed by atoms with van der Waals surface area (Å²) >= 11 is 0. The summed E-state index contributed by atoms with van der Waals surface area (Å²) in [6, 6.07) is 0. The number of carbonyl (C=O) groups is 1. The molecule has 0 spiro atoms. The number of quaternary nitrogens is 1. The molecule has 0 saturated carbocycles. The van der Waals surface area contributed by atoms with E-state index in [1.807, 2.05) is 6.08 Å². The fourth-order valence-corrected chi connectivity index (χ4v) is 2.93. The molecule has 0 fully saturated rings. The summed E-state index contributed by atoms with van der Waals surface area (Å²) in [5.74, 6) is -0.201. The third kappa shape index (κ3) is 21.2. The zero-order chi connectivity index (χ0) is 19.5. The first kappa shape index (κ1) is 25.2. The SMILES string of the molecule is CCCCCCCCCCCCCCCC=CC(=O)OCC[N+](C)(C)C. The largest absolute Gasteiger partial charge is 0.457 e. The van der Waals surface area contributed by atoms with Crippen LogP contribution in [0, 0.1) is 0 Å². The van der Waals surface area contributed by atoms with Crippen molar-refractivity contribution in [2.75, 3.05) is 34.3 Å². The van der Waals surface area contributed by atoms with Crippen LogP contribution < -0.4 is 0 Å². The number of rotatable bonds is 18. The summed E-state index contributed by atoms with van der Waals surface area (Å²) in [4.78, 5) is 11.5. The third-order valence-electron chi connectivity index (χ3n) is 4.73. The van der Waals surface area contributed by atoms with Crippen LogP contribution in [0.2, 0.25) is 0 Å². The van der Waals surface area contributed by atoms with Crippen LogP contribution in [0.1, 0.15) is 96.8 Å². The lowest BCUT2D eigenvalue weighted by Crippen LogP contribution is -2.37. The maximum Gasteiger partial charge on any atom is 0.330 e. The van der Waals surface area contributed by atoms with E-state index in [4.69, 9.17) is 4.74 Å². The lowest BCUT2D eigenvalue weighted by molar-refractivity contribution is -0.870. The predicted octanol–water partition coefficient (Wildman–Crippen LogP) is 6.27. The minimum atomic E-state index is -0.201. The second kappa shape index (κ2) is 17.6. The van der Waals surface area contributed by atoms with Gasteiger partial charge in [0.25, 0.3) is 0 Å². The van der Waals surface area contributed by atoms with Crippen LogP contribution >= 0.6 is 0 Å². The van der Waals surface area contributed by atoms with Gasteiger partial charge in [-0.1, -0.05) is 90.0 Å². The zero-order valence-electron chi connectivity index (χ0n) is 18.2. The van der Waals surface area contributed by atoms with Crippen molar-refractivity contribution in [3.63, 3.8) is 0 Å². The van der Waals surface area contributed by atoms with Crippen LogP contribution in [0.5, 0.6) is 0 Å². The van der Waals surface area contributed by atoms with Gasteiger partial charge in [-0.2, -0.15) is 0 Å². The molecule has 0 aromatic heterocycles. The fourth-order valence-electron chi connectivity index (χ4n) is 2.93. The molecule has 0 heterocycles. The van der Waals surface area contributed by atoms with Gasteiger partial charge in [0.15, 0.2) is 0 Å². The fraction of sp³-hybridized carbons (Fsp3) is 0.870. The van der Waals surface area contributed by atoms with Crippen LogP contribution in [0.25, 0.3) is 0 Å². The minimum Gasteiger partial charge on any atom is -0.457 e. The number of nitrogens with zero attached hydrogens (tertiary/aromatic N) is 1. The van der Waals surface area contributed by atoms with Crippen LogP contribution in [0.3, 0.4) is 0 Å². The second-order valence-electron chi connectivity index (χ2n) is 8.62. The topological polar surface area (TPSA) is 26.3 Å². The molecule has 0 amide bonds. The molecule has 154 valence electrons. The van der Waals surface area contributed by atoms with Gasteiger partial charge in [0.1, 0.15) is 13.2 Å². The van der Waals surface area contributed by atoms with Gasteiger partial charge >= 0.3 is 5.97 Å². The van der Waals surface area contributed by atoms with Crippen LogP contribution in [0.4, 0.5) is 0 Å². The van der Waals surface area contributed by atoms with E-state index in [1.165, 1.54) is 83.5 Å². The molecule has 0 bridgehead atoms. The molecule has 0 aromatic rings. The Morgan fingerprint density at radius 1 is 0.769 bits per heavy atom. The predicted molar refractivity (Wildman–Crippen MR) is 113 cm³/mol. The molecule has 0 aliphatic rings. The van der Waals surface area contributed by atoms with Gasteiger partial charge in [0.2, 0.25) is 0 Å². The van der Waals surface area contributed by atoms with Crippen molar-refractivity contribution in [2.24, 2.45) is 0 Å². The Morgan fingerprint density at radius 3 is 1.69 bits per heavy atom. The average molecular weight is 369 g/mol. The van der Waals surface area contributed by atoms with E-state index in [1.54, 1.807) is 6.08 Å². The number of hydrogen-bond acceptors (Lipinski definition) is 2. The number of likely N-dealkylation sites (N-methyl/N-ethyl adjacent to an activating group) is 1. The first-order valence-corrected chi connectivity index (χ1v) is 11.1. The van der Waals surface area contributed by atoms with Gasteiger partial charge < -0.3 is 9.22 Å². The third-order valence-corrected chi connectivity index (χ3v) is 4.73. The Morgan fingerprint density at radius 2 is 1.23 bits per heavy atom. The molecule has 3 nitrogen and oxygen atoms in total. The molecule has 0 saturated heterocycles. The van der Waals surface area contributed by atoms with E-state index in [0.29, 0.717) is 6.61 Å². The summed E-state index contributed by atoms with van der Waals surface area (Å²) in [6.45, 7) is 3.61. The standard InChI is InChI=1S/C23H46NO2/c1-5-6-7-8-9-10-11-12-13-14-15-16-17-18-19-20-23(25)26-22-21-24(2,3)4/h19-20H,5-18,21-22H2,1-4H3/q+1. The number of unbranched alkanes of at least 4 members (excludes halogenated alkanes) is 13. The second-order valence-corrected chi connectivity index (χ2v) is 8.62. The Kier molecular flexibility index (Phi) is 17.0. The Balaban J connectivity index is 3.26. The molecule has 0 rings (SSSR count). The van der Waals surface area contributed by atoms with E-state index < -0.39 is 0 Å². The highest BCUT2D eigenvalue weighted by Gasteiger charge is 2.07. The number of allylic oxidation sites excluding steroid dienone is 1. The lowest BCUT2D eigenvalue weighted by Gasteiger charge is -2.23. The molecule has 3 heteroatoms. The van der Waals surface area contributed by atoms with Crippen molar-refractivity contribution < 1.29 is 14.0 Å². The van der Waals surface area contributed by atoms with Crippen molar-refractivity contribution >= 4 is 5.97 Å². The van der Waals surface area contributed by atoms with Crippen molar-refractivity contribution in [3.05, 3.63) is 12.2 Å². The molecule has 0 atom stereocenters. The molecule has 0 aromatic carbocycles. The highest BCUT2D eigenvalue weighted by atomic mass is 16.5. The van der Waals surface area contributed by atoms with Gasteiger partial charge in [-0.3, -0.25) is 0 Å². The number of esters is 1. The molecule has 0 aliphatic carbocycles. The van der Waals surface area contributed by atoms with E-state index in [0.717, 1.165) is 17.4 Å². The Bertz CT molecular complexity index is 345. The zero-order valence-corrected chi connectivity index (χ0v) is 18.2. The Hall–Kier alpha value is -0.830. The van der Waals surface area contributed by atoms with Gasteiger partial charge in [-0.25, -0.2) is 4.79 Å².